The normalized spacial score (nSPS) is 12.5. The summed E-state index contributed by atoms with van der Waals surface area (Å²) in [6, 6.07) is 10.1. The highest BCUT2D eigenvalue weighted by molar-refractivity contribution is 7.89. The van der Waals surface area contributed by atoms with Gasteiger partial charge in [-0.15, -0.1) is 0 Å². The molecule has 1 atom stereocenters. The van der Waals surface area contributed by atoms with Crippen LogP contribution in [0.25, 0.3) is 0 Å². The maximum atomic E-state index is 12.7. The molecule has 0 aliphatic carbocycles. The molecule has 0 spiro atoms. The summed E-state index contributed by atoms with van der Waals surface area (Å²) in [6.45, 7) is 8.76. The maximum absolute atomic E-state index is 12.7. The highest BCUT2D eigenvalue weighted by Gasteiger charge is 2.28. The predicted octanol–water partition coefficient (Wildman–Crippen LogP) is 2.77. The molecule has 9 nitrogen and oxygen atoms in total. The van der Waals surface area contributed by atoms with Crippen LogP contribution in [0.1, 0.15) is 38.8 Å². The van der Waals surface area contributed by atoms with Gasteiger partial charge in [0, 0.05) is 6.92 Å². The monoisotopic (exact) mass is 475 g/mol. The number of benzene rings is 2. The Kier molecular flexibility index (Phi) is 9.12. The minimum atomic E-state index is -3.89. The number of sulfonamides is 1. The van der Waals surface area contributed by atoms with E-state index in [9.17, 15) is 18.0 Å². The van der Waals surface area contributed by atoms with Crippen molar-refractivity contribution in [3.8, 4) is 11.5 Å². The summed E-state index contributed by atoms with van der Waals surface area (Å²) >= 11 is 0. The second-order valence-electron chi connectivity index (χ2n) is 7.62. The number of ether oxygens (including phenoxy) is 2. The lowest BCUT2D eigenvalue weighted by molar-refractivity contribution is -0.132. The minimum Gasteiger partial charge on any atom is -0.490 e. The molecule has 0 aromatic heterocycles. The Labute approximate surface area is 194 Å². The SMILES string of the molecule is CCOc1cc(/C=N\NC(=O)[C@@H](NS(=O)(=O)c2ccc(C)cc2)C(C)C)ccc1OC(C)=O. The highest BCUT2D eigenvalue weighted by Crippen LogP contribution is 2.28. The lowest BCUT2D eigenvalue weighted by Gasteiger charge is -2.20. The van der Waals surface area contributed by atoms with Gasteiger partial charge in [0.25, 0.3) is 5.91 Å². The molecule has 0 saturated carbocycles. The van der Waals surface area contributed by atoms with E-state index in [0.29, 0.717) is 17.9 Å². The Morgan fingerprint density at radius 1 is 1.09 bits per heavy atom. The molecule has 2 aromatic carbocycles. The van der Waals surface area contributed by atoms with E-state index in [1.807, 2.05) is 6.92 Å². The Balaban J connectivity index is 2.12. The topological polar surface area (TPSA) is 123 Å². The molecule has 33 heavy (non-hydrogen) atoms. The van der Waals surface area contributed by atoms with E-state index in [0.717, 1.165) is 5.56 Å². The first-order valence-electron chi connectivity index (χ1n) is 10.4. The number of hydrogen-bond acceptors (Lipinski definition) is 7. The molecule has 2 aromatic rings. The lowest BCUT2D eigenvalue weighted by atomic mass is 10.1. The lowest BCUT2D eigenvalue weighted by Crippen LogP contribution is -2.48. The molecule has 0 bridgehead atoms. The Morgan fingerprint density at radius 3 is 2.33 bits per heavy atom. The van der Waals surface area contributed by atoms with E-state index in [1.165, 1.54) is 25.3 Å². The van der Waals surface area contributed by atoms with Gasteiger partial charge in [0.1, 0.15) is 6.04 Å². The molecule has 0 fully saturated rings. The van der Waals surface area contributed by atoms with Crippen LogP contribution in [-0.2, 0) is 19.6 Å². The van der Waals surface area contributed by atoms with Gasteiger partial charge in [-0.3, -0.25) is 9.59 Å². The Bertz CT molecular complexity index is 1110. The molecular formula is C23H29N3O6S. The minimum absolute atomic E-state index is 0.0753. The van der Waals surface area contributed by atoms with Gasteiger partial charge >= 0.3 is 5.97 Å². The first-order chi connectivity index (χ1) is 15.5. The molecule has 0 heterocycles. The third kappa shape index (κ3) is 7.69. The molecular weight excluding hydrogens is 446 g/mol. The summed E-state index contributed by atoms with van der Waals surface area (Å²) < 4.78 is 38.4. The molecule has 0 saturated heterocycles. The van der Waals surface area contributed by atoms with Crippen molar-refractivity contribution in [1.82, 2.24) is 10.1 Å². The van der Waals surface area contributed by atoms with Gasteiger partial charge in [0.2, 0.25) is 10.0 Å². The van der Waals surface area contributed by atoms with E-state index >= 15 is 0 Å². The van der Waals surface area contributed by atoms with E-state index < -0.39 is 27.9 Å². The summed E-state index contributed by atoms with van der Waals surface area (Å²) in [7, 11) is -3.89. The number of carbonyl (C=O) groups is 2. The second-order valence-corrected chi connectivity index (χ2v) is 9.34. The smallest absolute Gasteiger partial charge is 0.308 e. The van der Waals surface area contributed by atoms with E-state index in [4.69, 9.17) is 9.47 Å². The molecule has 10 heteroatoms. The number of esters is 1. The molecule has 178 valence electrons. The number of hydrazone groups is 1. The molecule has 1 amide bonds. The van der Waals surface area contributed by atoms with Gasteiger partial charge in [-0.05, 0) is 55.7 Å². The zero-order chi connectivity index (χ0) is 24.6. The van der Waals surface area contributed by atoms with Gasteiger partial charge in [-0.25, -0.2) is 13.8 Å². The summed E-state index contributed by atoms with van der Waals surface area (Å²) in [6.07, 6.45) is 1.38. The number of carbonyl (C=O) groups excluding carboxylic acids is 2. The fraction of sp³-hybridized carbons (Fsp3) is 0.348. The van der Waals surface area contributed by atoms with Gasteiger partial charge in [0.15, 0.2) is 11.5 Å². The average molecular weight is 476 g/mol. The van der Waals surface area contributed by atoms with Crippen LogP contribution in [0.3, 0.4) is 0 Å². The van der Waals surface area contributed by atoms with Crippen LogP contribution in [0.15, 0.2) is 52.5 Å². The van der Waals surface area contributed by atoms with Crippen molar-refractivity contribution < 1.29 is 27.5 Å². The van der Waals surface area contributed by atoms with Crippen molar-refractivity contribution in [3.63, 3.8) is 0 Å². The Hall–Kier alpha value is -3.24. The van der Waals surface area contributed by atoms with Crippen LogP contribution >= 0.6 is 0 Å². The van der Waals surface area contributed by atoms with Crippen molar-refractivity contribution in [2.24, 2.45) is 11.0 Å². The third-order valence-electron chi connectivity index (χ3n) is 4.47. The van der Waals surface area contributed by atoms with Crippen molar-refractivity contribution >= 4 is 28.1 Å². The molecule has 0 aliphatic heterocycles. The van der Waals surface area contributed by atoms with Crippen LogP contribution in [0.4, 0.5) is 0 Å². The van der Waals surface area contributed by atoms with Gasteiger partial charge < -0.3 is 9.47 Å². The summed E-state index contributed by atoms with van der Waals surface area (Å²) in [4.78, 5) is 23.9. The van der Waals surface area contributed by atoms with Crippen LogP contribution in [0.5, 0.6) is 11.5 Å². The standard InChI is InChI=1S/C23H29N3O6S/c1-6-31-21-13-18(9-12-20(21)32-17(5)27)14-24-25-23(28)22(15(2)3)26-33(29,30)19-10-7-16(4)8-11-19/h7-15,22,26H,6H2,1-5H3,(H,25,28)/b24-14-/t22-/m0/s1. The van der Waals surface area contributed by atoms with Crippen LogP contribution in [0.2, 0.25) is 0 Å². The van der Waals surface area contributed by atoms with Crippen LogP contribution in [-0.4, -0.2) is 39.2 Å². The summed E-state index contributed by atoms with van der Waals surface area (Å²) in [5, 5.41) is 3.93. The molecule has 0 unspecified atom stereocenters. The van der Waals surface area contributed by atoms with Crippen molar-refractivity contribution in [1.29, 1.82) is 0 Å². The van der Waals surface area contributed by atoms with E-state index in [2.05, 4.69) is 15.2 Å². The number of rotatable bonds is 10. The van der Waals surface area contributed by atoms with Crippen LogP contribution in [0, 0.1) is 12.8 Å². The number of nitrogens with one attached hydrogen (secondary N) is 2. The zero-order valence-electron chi connectivity index (χ0n) is 19.3. The Morgan fingerprint density at radius 2 is 1.76 bits per heavy atom. The quantitative estimate of drug-likeness (QED) is 0.236. The van der Waals surface area contributed by atoms with Crippen LogP contribution < -0.4 is 19.6 Å². The average Bonchev–Trinajstić information content (AvgIpc) is 2.73. The largest absolute Gasteiger partial charge is 0.490 e. The highest BCUT2D eigenvalue weighted by atomic mass is 32.2. The first-order valence-corrected chi connectivity index (χ1v) is 11.9. The predicted molar refractivity (Wildman–Crippen MR) is 125 cm³/mol. The van der Waals surface area contributed by atoms with Crippen molar-refractivity contribution in [2.75, 3.05) is 6.61 Å². The number of hydrogen-bond donors (Lipinski definition) is 2. The molecule has 0 aliphatic rings. The summed E-state index contributed by atoms with van der Waals surface area (Å²) in [5.41, 5.74) is 3.88. The molecule has 2 rings (SSSR count). The molecule has 0 radical (unpaired) electrons. The number of amides is 1. The van der Waals surface area contributed by atoms with Gasteiger partial charge in [-0.1, -0.05) is 31.5 Å². The first kappa shape index (κ1) is 26.0. The number of aryl methyl sites for hydroxylation is 1. The summed E-state index contributed by atoms with van der Waals surface area (Å²) in [5.74, 6) is -0.770. The number of nitrogens with zero attached hydrogens (tertiary/aromatic N) is 1. The van der Waals surface area contributed by atoms with Crippen molar-refractivity contribution in [2.45, 2.75) is 45.6 Å². The van der Waals surface area contributed by atoms with E-state index in [1.54, 1.807) is 51.1 Å². The van der Waals surface area contributed by atoms with E-state index in [-0.39, 0.29) is 16.6 Å². The zero-order valence-corrected chi connectivity index (χ0v) is 20.1. The maximum Gasteiger partial charge on any atom is 0.308 e. The fourth-order valence-corrected chi connectivity index (χ4v) is 4.14. The van der Waals surface area contributed by atoms with Gasteiger partial charge in [0.05, 0.1) is 17.7 Å². The van der Waals surface area contributed by atoms with Gasteiger partial charge in [-0.2, -0.15) is 9.82 Å². The fourth-order valence-electron chi connectivity index (χ4n) is 2.80. The molecule has 2 N–H and O–H groups in total. The van der Waals surface area contributed by atoms with Crippen molar-refractivity contribution in [3.05, 3.63) is 53.6 Å². The third-order valence-corrected chi connectivity index (χ3v) is 5.93. The second kappa shape index (κ2) is 11.6.